The molecule has 122 valence electrons. The van der Waals surface area contributed by atoms with Crippen LogP contribution >= 0.6 is 0 Å². The van der Waals surface area contributed by atoms with Gasteiger partial charge in [0.25, 0.3) is 0 Å². The molecule has 3 aromatic rings. The number of hydrogen-bond donors (Lipinski definition) is 1. The van der Waals surface area contributed by atoms with Crippen LogP contribution in [0.4, 0.5) is 0 Å². The molecule has 1 amide bonds. The third-order valence-electron chi connectivity index (χ3n) is 3.51. The fourth-order valence-corrected chi connectivity index (χ4v) is 2.28. The Bertz CT molecular complexity index is 771. The van der Waals surface area contributed by atoms with Crippen LogP contribution in [-0.4, -0.2) is 20.7 Å². The number of ether oxygens (including phenoxy) is 1. The fourth-order valence-electron chi connectivity index (χ4n) is 2.28. The molecule has 2 aromatic carbocycles. The summed E-state index contributed by atoms with van der Waals surface area (Å²) in [6.45, 7) is 2.09. The maximum absolute atomic E-state index is 12.0. The number of rotatable bonds is 6. The average Bonchev–Trinajstić information content (AvgIpc) is 3.09. The number of amides is 1. The molecule has 0 unspecified atom stereocenters. The smallest absolute Gasteiger partial charge is 0.242 e. The highest BCUT2D eigenvalue weighted by Crippen LogP contribution is 2.23. The lowest BCUT2D eigenvalue weighted by Gasteiger charge is -2.15. The van der Waals surface area contributed by atoms with Gasteiger partial charge in [0.05, 0.1) is 6.04 Å². The first-order chi connectivity index (χ1) is 11.7. The SMILES string of the molecule is C[C@@H](NC(=O)Cn1cncn1)c1ccc(Oc2ccccc2)cc1. The summed E-state index contributed by atoms with van der Waals surface area (Å²) in [6, 6.07) is 17.2. The summed E-state index contributed by atoms with van der Waals surface area (Å²) >= 11 is 0. The van der Waals surface area contributed by atoms with E-state index in [1.54, 1.807) is 0 Å². The highest BCUT2D eigenvalue weighted by atomic mass is 16.5. The summed E-state index contributed by atoms with van der Waals surface area (Å²) in [5.41, 5.74) is 1.00. The lowest BCUT2D eigenvalue weighted by atomic mass is 10.1. The van der Waals surface area contributed by atoms with Crippen molar-refractivity contribution in [2.75, 3.05) is 0 Å². The lowest BCUT2D eigenvalue weighted by molar-refractivity contribution is -0.122. The van der Waals surface area contributed by atoms with Crippen LogP contribution < -0.4 is 10.1 Å². The van der Waals surface area contributed by atoms with Gasteiger partial charge in [0.2, 0.25) is 5.91 Å². The third kappa shape index (κ3) is 4.19. The topological polar surface area (TPSA) is 69.0 Å². The van der Waals surface area contributed by atoms with E-state index in [-0.39, 0.29) is 18.5 Å². The minimum Gasteiger partial charge on any atom is -0.457 e. The summed E-state index contributed by atoms with van der Waals surface area (Å²) in [4.78, 5) is 15.8. The van der Waals surface area contributed by atoms with Gasteiger partial charge < -0.3 is 10.1 Å². The van der Waals surface area contributed by atoms with Gasteiger partial charge in [-0.25, -0.2) is 9.67 Å². The van der Waals surface area contributed by atoms with Crippen LogP contribution in [0.2, 0.25) is 0 Å². The zero-order valence-electron chi connectivity index (χ0n) is 13.3. The van der Waals surface area contributed by atoms with Gasteiger partial charge in [-0.15, -0.1) is 0 Å². The van der Waals surface area contributed by atoms with Gasteiger partial charge in [-0.2, -0.15) is 5.10 Å². The molecule has 3 rings (SSSR count). The zero-order chi connectivity index (χ0) is 16.8. The first-order valence-corrected chi connectivity index (χ1v) is 7.65. The van der Waals surface area contributed by atoms with E-state index >= 15 is 0 Å². The average molecular weight is 322 g/mol. The third-order valence-corrected chi connectivity index (χ3v) is 3.51. The zero-order valence-corrected chi connectivity index (χ0v) is 13.3. The van der Waals surface area contributed by atoms with Crippen molar-refractivity contribution < 1.29 is 9.53 Å². The van der Waals surface area contributed by atoms with E-state index < -0.39 is 0 Å². The molecule has 0 spiro atoms. The number of benzene rings is 2. The number of para-hydroxylation sites is 1. The monoisotopic (exact) mass is 322 g/mol. The van der Waals surface area contributed by atoms with Gasteiger partial charge in [0, 0.05) is 0 Å². The molecule has 0 aliphatic heterocycles. The molecule has 1 heterocycles. The molecule has 0 aliphatic rings. The van der Waals surface area contributed by atoms with E-state index in [4.69, 9.17) is 4.74 Å². The minimum absolute atomic E-state index is 0.105. The van der Waals surface area contributed by atoms with Crippen LogP contribution in [0.25, 0.3) is 0 Å². The van der Waals surface area contributed by atoms with E-state index in [0.29, 0.717) is 0 Å². The second kappa shape index (κ2) is 7.41. The highest BCUT2D eigenvalue weighted by Gasteiger charge is 2.10. The maximum Gasteiger partial charge on any atom is 0.242 e. The quantitative estimate of drug-likeness (QED) is 0.757. The Kier molecular flexibility index (Phi) is 4.86. The lowest BCUT2D eigenvalue weighted by Crippen LogP contribution is -2.30. The van der Waals surface area contributed by atoms with E-state index in [2.05, 4.69) is 15.4 Å². The number of carbonyl (C=O) groups is 1. The van der Waals surface area contributed by atoms with Gasteiger partial charge >= 0.3 is 0 Å². The number of nitrogens with one attached hydrogen (secondary N) is 1. The molecule has 1 aromatic heterocycles. The Morgan fingerprint density at radius 3 is 2.50 bits per heavy atom. The number of aromatic nitrogens is 3. The molecular weight excluding hydrogens is 304 g/mol. The summed E-state index contributed by atoms with van der Waals surface area (Å²) in [7, 11) is 0. The molecular formula is C18H18N4O2. The highest BCUT2D eigenvalue weighted by molar-refractivity contribution is 5.76. The van der Waals surface area contributed by atoms with Crippen LogP contribution in [-0.2, 0) is 11.3 Å². The standard InChI is InChI=1S/C18H18N4O2/c1-14(21-18(23)11-22-13-19-12-20-22)15-7-9-17(10-8-15)24-16-5-3-2-4-6-16/h2-10,12-14H,11H2,1H3,(H,21,23)/t14-/m1/s1. The molecule has 0 saturated heterocycles. The van der Waals surface area contributed by atoms with Crippen molar-refractivity contribution in [3.63, 3.8) is 0 Å². The van der Waals surface area contributed by atoms with Crippen molar-refractivity contribution in [2.24, 2.45) is 0 Å². The molecule has 0 bridgehead atoms. The van der Waals surface area contributed by atoms with E-state index in [1.807, 2.05) is 61.5 Å². The molecule has 0 saturated carbocycles. The Balaban J connectivity index is 1.57. The first-order valence-electron chi connectivity index (χ1n) is 7.65. The second-order valence-electron chi connectivity index (χ2n) is 5.37. The van der Waals surface area contributed by atoms with Crippen molar-refractivity contribution in [1.82, 2.24) is 20.1 Å². The van der Waals surface area contributed by atoms with Crippen molar-refractivity contribution in [3.8, 4) is 11.5 Å². The van der Waals surface area contributed by atoms with E-state index in [0.717, 1.165) is 17.1 Å². The predicted molar refractivity (Wildman–Crippen MR) is 89.5 cm³/mol. The number of hydrogen-bond acceptors (Lipinski definition) is 4. The van der Waals surface area contributed by atoms with Gasteiger partial charge in [-0.1, -0.05) is 30.3 Å². The van der Waals surface area contributed by atoms with Gasteiger partial charge in [0.15, 0.2) is 0 Å². The Morgan fingerprint density at radius 2 is 1.83 bits per heavy atom. The van der Waals surface area contributed by atoms with Crippen molar-refractivity contribution in [3.05, 3.63) is 72.8 Å². The predicted octanol–water partition coefficient (Wildman–Crippen LogP) is 2.95. The van der Waals surface area contributed by atoms with Gasteiger partial charge in [0.1, 0.15) is 30.7 Å². The van der Waals surface area contributed by atoms with Crippen LogP contribution in [0.3, 0.4) is 0 Å². The Hall–Kier alpha value is -3.15. The molecule has 24 heavy (non-hydrogen) atoms. The fraction of sp³-hybridized carbons (Fsp3) is 0.167. The molecule has 0 fully saturated rings. The largest absolute Gasteiger partial charge is 0.457 e. The van der Waals surface area contributed by atoms with Crippen molar-refractivity contribution >= 4 is 5.91 Å². The minimum atomic E-state index is -0.113. The molecule has 1 N–H and O–H groups in total. The van der Waals surface area contributed by atoms with Gasteiger partial charge in [-0.3, -0.25) is 4.79 Å². The molecule has 0 aliphatic carbocycles. The van der Waals surface area contributed by atoms with E-state index in [1.165, 1.54) is 17.3 Å². The number of carbonyl (C=O) groups excluding carboxylic acids is 1. The Morgan fingerprint density at radius 1 is 1.12 bits per heavy atom. The Labute approximate surface area is 140 Å². The molecule has 1 atom stereocenters. The summed E-state index contributed by atoms with van der Waals surface area (Å²) in [5, 5.41) is 6.85. The molecule has 0 radical (unpaired) electrons. The van der Waals surface area contributed by atoms with Crippen LogP contribution in [0, 0.1) is 0 Å². The van der Waals surface area contributed by atoms with Crippen LogP contribution in [0.15, 0.2) is 67.3 Å². The molecule has 6 heteroatoms. The van der Waals surface area contributed by atoms with Crippen molar-refractivity contribution in [1.29, 1.82) is 0 Å². The maximum atomic E-state index is 12.0. The van der Waals surface area contributed by atoms with Crippen molar-refractivity contribution in [2.45, 2.75) is 19.5 Å². The number of nitrogens with zero attached hydrogens (tertiary/aromatic N) is 3. The summed E-state index contributed by atoms with van der Waals surface area (Å²) in [6.07, 6.45) is 2.92. The summed E-state index contributed by atoms with van der Waals surface area (Å²) < 4.78 is 7.24. The van der Waals surface area contributed by atoms with Crippen LogP contribution in [0.1, 0.15) is 18.5 Å². The van der Waals surface area contributed by atoms with E-state index in [9.17, 15) is 4.79 Å². The second-order valence-corrected chi connectivity index (χ2v) is 5.37. The summed E-state index contributed by atoms with van der Waals surface area (Å²) in [5.74, 6) is 1.43. The first kappa shape index (κ1) is 15.7. The van der Waals surface area contributed by atoms with Crippen LogP contribution in [0.5, 0.6) is 11.5 Å². The molecule has 6 nitrogen and oxygen atoms in total. The normalized spacial score (nSPS) is 11.7. The van der Waals surface area contributed by atoms with Gasteiger partial charge in [-0.05, 0) is 36.8 Å².